The Balaban J connectivity index is 0.00000172. The van der Waals surface area contributed by atoms with Gasteiger partial charge in [-0.05, 0) is 56.2 Å². The number of carbonyl (C=O) groups is 2. The van der Waals surface area contributed by atoms with Gasteiger partial charge in [0.1, 0.15) is 11.6 Å². The van der Waals surface area contributed by atoms with Gasteiger partial charge < -0.3 is 19.5 Å². The predicted molar refractivity (Wildman–Crippen MR) is 118 cm³/mol. The second-order valence-electron chi connectivity index (χ2n) is 7.07. The third-order valence-corrected chi connectivity index (χ3v) is 4.28. The molecule has 0 saturated heterocycles. The fourth-order valence-electron chi connectivity index (χ4n) is 2.90. The van der Waals surface area contributed by atoms with Crippen LogP contribution in [0.3, 0.4) is 0 Å². The van der Waals surface area contributed by atoms with Crippen molar-refractivity contribution in [3.05, 3.63) is 65.0 Å². The second kappa shape index (κ2) is 14.9. The zero-order valence-electron chi connectivity index (χ0n) is 19.2. The summed E-state index contributed by atoms with van der Waals surface area (Å²) >= 11 is 0. The fourth-order valence-corrected chi connectivity index (χ4v) is 2.90. The average molecular weight is 470 g/mol. The number of hydrogen-bond donors (Lipinski definition) is 1. The molecular formula is C24H30F3NO5. The molecule has 1 unspecified atom stereocenters. The third-order valence-electron chi connectivity index (χ3n) is 4.28. The molecule has 33 heavy (non-hydrogen) atoms. The minimum absolute atomic E-state index is 0.156. The molecule has 6 nitrogen and oxygen atoms in total. The van der Waals surface area contributed by atoms with Gasteiger partial charge in [0.25, 0.3) is 5.91 Å². The van der Waals surface area contributed by atoms with Crippen LogP contribution in [0.4, 0.5) is 13.2 Å². The quantitative estimate of drug-likeness (QED) is 0.517. The van der Waals surface area contributed by atoms with Crippen LogP contribution >= 0.6 is 0 Å². The summed E-state index contributed by atoms with van der Waals surface area (Å²) in [6.45, 7) is 4.18. The van der Waals surface area contributed by atoms with Crippen LogP contribution in [0, 0.1) is 5.82 Å². The van der Waals surface area contributed by atoms with E-state index in [1.807, 2.05) is 13.8 Å². The molecule has 9 heteroatoms. The van der Waals surface area contributed by atoms with Crippen molar-refractivity contribution in [1.82, 2.24) is 5.32 Å². The molecule has 1 atom stereocenters. The molecule has 0 radical (unpaired) electrons. The van der Waals surface area contributed by atoms with Crippen LogP contribution in [-0.4, -0.2) is 44.7 Å². The van der Waals surface area contributed by atoms with Crippen molar-refractivity contribution in [2.75, 3.05) is 20.6 Å². The van der Waals surface area contributed by atoms with E-state index < -0.39 is 19.0 Å². The number of benzene rings is 2. The van der Waals surface area contributed by atoms with E-state index in [0.29, 0.717) is 11.3 Å². The Kier molecular flexibility index (Phi) is 12.6. The second-order valence-corrected chi connectivity index (χ2v) is 7.07. The van der Waals surface area contributed by atoms with Crippen LogP contribution in [0.1, 0.15) is 42.3 Å². The number of carbonyl (C=O) groups excluding carboxylic acids is 2. The van der Waals surface area contributed by atoms with Crippen LogP contribution < -0.4 is 10.1 Å². The van der Waals surface area contributed by atoms with E-state index in [1.165, 1.54) is 19.2 Å². The molecule has 0 heterocycles. The number of methoxy groups -OCH3 is 1. The number of ether oxygens (including phenoxy) is 3. The lowest BCUT2D eigenvalue weighted by atomic mass is 10.0. The summed E-state index contributed by atoms with van der Waals surface area (Å²) in [5.74, 6) is -0.702. The van der Waals surface area contributed by atoms with Gasteiger partial charge in [-0.1, -0.05) is 18.2 Å². The molecule has 0 aliphatic carbocycles. The van der Waals surface area contributed by atoms with E-state index >= 15 is 0 Å². The maximum Gasteiger partial charge on any atom is 0.335 e. The number of esters is 1. The number of halogens is 3. The number of alkyl halides is 2. The van der Waals surface area contributed by atoms with E-state index in [-0.39, 0.29) is 37.4 Å². The standard InChI is InChI=1S/C23H28FNO5.CH2F2/c1-5-29-23(27)21(30-15(2)3)13-17-8-11-20(28-4)19(12-17)22(26)25-14-16-6-9-18(24)10-7-16;2-1-3/h6-12,15,21H,5,13-14H2,1-4H3,(H,25,26);1H2. The molecule has 0 fully saturated rings. The van der Waals surface area contributed by atoms with Gasteiger partial charge in [-0.25, -0.2) is 18.0 Å². The maximum atomic E-state index is 13.0. The highest BCUT2D eigenvalue weighted by molar-refractivity contribution is 5.97. The molecule has 2 aromatic rings. The molecule has 0 aliphatic rings. The molecular weight excluding hydrogens is 439 g/mol. The van der Waals surface area contributed by atoms with Crippen molar-refractivity contribution in [2.45, 2.75) is 45.9 Å². The Bertz CT molecular complexity index is 875. The SMILES string of the molecule is CCOC(=O)C(Cc1ccc(OC)c(C(=O)NCc2ccc(F)cc2)c1)OC(C)C.FCF. The molecule has 182 valence electrons. The summed E-state index contributed by atoms with van der Waals surface area (Å²) in [5.41, 5.74) is 1.85. The molecule has 0 aromatic heterocycles. The Morgan fingerprint density at radius 2 is 1.64 bits per heavy atom. The Hall–Kier alpha value is -3.07. The minimum atomic E-state index is -1.75. The van der Waals surface area contributed by atoms with Crippen molar-refractivity contribution >= 4 is 11.9 Å². The van der Waals surface area contributed by atoms with Gasteiger partial charge in [0.2, 0.25) is 6.93 Å². The molecule has 0 saturated carbocycles. The summed E-state index contributed by atoms with van der Waals surface area (Å²) in [6.07, 6.45) is -0.663. The van der Waals surface area contributed by atoms with E-state index in [0.717, 1.165) is 11.1 Å². The smallest absolute Gasteiger partial charge is 0.335 e. The van der Waals surface area contributed by atoms with Gasteiger partial charge in [0.15, 0.2) is 6.10 Å². The van der Waals surface area contributed by atoms with Crippen LogP contribution in [0.2, 0.25) is 0 Å². The third kappa shape index (κ3) is 9.95. The lowest BCUT2D eigenvalue weighted by molar-refractivity contribution is -0.159. The molecule has 0 spiro atoms. The predicted octanol–water partition coefficient (Wildman–Crippen LogP) is 4.55. The van der Waals surface area contributed by atoms with Gasteiger partial charge in [-0.2, -0.15) is 0 Å². The highest BCUT2D eigenvalue weighted by atomic mass is 19.3. The zero-order chi connectivity index (χ0) is 24.8. The molecule has 1 amide bonds. The lowest BCUT2D eigenvalue weighted by Gasteiger charge is -2.19. The van der Waals surface area contributed by atoms with E-state index in [2.05, 4.69) is 5.32 Å². The largest absolute Gasteiger partial charge is 0.496 e. The summed E-state index contributed by atoms with van der Waals surface area (Å²) < 4.78 is 48.4. The Morgan fingerprint density at radius 3 is 2.18 bits per heavy atom. The van der Waals surface area contributed by atoms with Crippen LogP contribution in [-0.2, 0) is 27.2 Å². The van der Waals surface area contributed by atoms with Gasteiger partial charge >= 0.3 is 5.97 Å². The number of amides is 1. The fraction of sp³-hybridized carbons (Fsp3) is 0.417. The van der Waals surface area contributed by atoms with Crippen molar-refractivity contribution in [2.24, 2.45) is 0 Å². The van der Waals surface area contributed by atoms with Crippen LogP contribution in [0.15, 0.2) is 42.5 Å². The first kappa shape index (κ1) is 28.0. The summed E-state index contributed by atoms with van der Waals surface area (Å²) in [4.78, 5) is 25.0. The monoisotopic (exact) mass is 469 g/mol. The van der Waals surface area contributed by atoms with Crippen molar-refractivity contribution in [3.8, 4) is 5.75 Å². The number of rotatable bonds is 10. The van der Waals surface area contributed by atoms with Crippen molar-refractivity contribution in [3.63, 3.8) is 0 Å². The highest BCUT2D eigenvalue weighted by Gasteiger charge is 2.23. The Labute approximate surface area is 192 Å². The topological polar surface area (TPSA) is 73.9 Å². The first-order valence-corrected chi connectivity index (χ1v) is 10.4. The van der Waals surface area contributed by atoms with Gasteiger partial charge in [-0.15, -0.1) is 0 Å². The molecule has 2 aromatic carbocycles. The summed E-state index contributed by atoms with van der Waals surface area (Å²) in [5, 5.41) is 2.80. The van der Waals surface area contributed by atoms with Gasteiger partial charge in [0.05, 0.1) is 25.4 Å². The highest BCUT2D eigenvalue weighted by Crippen LogP contribution is 2.22. The number of hydrogen-bond acceptors (Lipinski definition) is 5. The van der Waals surface area contributed by atoms with Crippen LogP contribution in [0.5, 0.6) is 5.75 Å². The van der Waals surface area contributed by atoms with Crippen molar-refractivity contribution in [1.29, 1.82) is 0 Å². The van der Waals surface area contributed by atoms with E-state index in [4.69, 9.17) is 14.2 Å². The molecule has 1 N–H and O–H groups in total. The van der Waals surface area contributed by atoms with Gasteiger partial charge in [-0.3, -0.25) is 4.79 Å². The Morgan fingerprint density at radius 1 is 1.03 bits per heavy atom. The number of nitrogens with one attached hydrogen (secondary N) is 1. The lowest BCUT2D eigenvalue weighted by Crippen LogP contribution is -2.31. The van der Waals surface area contributed by atoms with E-state index in [9.17, 15) is 22.8 Å². The summed E-state index contributed by atoms with van der Waals surface area (Å²) in [6, 6.07) is 11.0. The summed E-state index contributed by atoms with van der Waals surface area (Å²) in [7, 11) is 1.48. The van der Waals surface area contributed by atoms with E-state index in [1.54, 1.807) is 37.3 Å². The molecule has 0 aliphatic heterocycles. The van der Waals surface area contributed by atoms with Gasteiger partial charge in [0, 0.05) is 13.0 Å². The van der Waals surface area contributed by atoms with Crippen LogP contribution in [0.25, 0.3) is 0 Å². The minimum Gasteiger partial charge on any atom is -0.496 e. The molecule has 0 bridgehead atoms. The average Bonchev–Trinajstić information content (AvgIpc) is 2.78. The van der Waals surface area contributed by atoms with Crippen molar-refractivity contribution < 1.29 is 37.0 Å². The normalized spacial score (nSPS) is 11.3. The zero-order valence-corrected chi connectivity index (χ0v) is 19.2. The molecule has 2 rings (SSSR count). The maximum absolute atomic E-state index is 13.0. The first-order chi connectivity index (χ1) is 15.7. The first-order valence-electron chi connectivity index (χ1n) is 10.4.